The molecule has 13 heteroatoms. The highest BCUT2D eigenvalue weighted by Gasteiger charge is 2.22. The molecular weight excluding hydrogens is 530 g/mol. The fourth-order valence-electron chi connectivity index (χ4n) is 3.61. The first kappa shape index (κ1) is 26.7. The van der Waals surface area contributed by atoms with E-state index >= 15 is 0 Å². The van der Waals surface area contributed by atoms with Crippen LogP contribution in [0.15, 0.2) is 83.8 Å². The van der Waals surface area contributed by atoms with Crippen LogP contribution in [-0.2, 0) is 19.6 Å². The van der Waals surface area contributed by atoms with Crippen LogP contribution < -0.4 is 15.8 Å². The van der Waals surface area contributed by atoms with Crippen molar-refractivity contribution in [2.45, 2.75) is 10.8 Å². The lowest BCUT2D eigenvalue weighted by Gasteiger charge is -2.18. The molecule has 0 fully saturated rings. The number of nitrogens with two attached hydrogens (primary N) is 1. The molecule has 0 bridgehead atoms. The number of nitrogens with zero attached hydrogens (tertiary/aromatic N) is 3. The minimum atomic E-state index is -3.94. The maximum absolute atomic E-state index is 13.2. The number of sulfonamides is 1. The van der Waals surface area contributed by atoms with Gasteiger partial charge in [0.25, 0.3) is 0 Å². The SMILES string of the molecule is NS(=O)(=O)c1cccc(NC(=O)[C@@H](CNC(=O)/C=C/c2cc(Cl)ccc2-c2nnn[nH]2)c2ccccc2)c1. The van der Waals surface area contributed by atoms with Gasteiger partial charge in [0, 0.05) is 28.9 Å². The van der Waals surface area contributed by atoms with E-state index in [0.29, 0.717) is 27.5 Å². The molecule has 38 heavy (non-hydrogen) atoms. The molecule has 1 aromatic heterocycles. The van der Waals surface area contributed by atoms with E-state index in [2.05, 4.69) is 31.3 Å². The second kappa shape index (κ2) is 11.8. The summed E-state index contributed by atoms with van der Waals surface area (Å²) in [4.78, 5) is 25.7. The molecule has 4 aromatic rings. The molecule has 194 valence electrons. The molecule has 0 radical (unpaired) electrons. The van der Waals surface area contributed by atoms with E-state index in [4.69, 9.17) is 16.7 Å². The summed E-state index contributed by atoms with van der Waals surface area (Å²) in [5, 5.41) is 24.8. The summed E-state index contributed by atoms with van der Waals surface area (Å²) in [5.41, 5.74) is 2.17. The summed E-state index contributed by atoms with van der Waals surface area (Å²) in [6, 6.07) is 19.6. The molecule has 11 nitrogen and oxygen atoms in total. The summed E-state index contributed by atoms with van der Waals surface area (Å²) < 4.78 is 23.3. The van der Waals surface area contributed by atoms with Crippen molar-refractivity contribution in [2.24, 2.45) is 5.14 Å². The molecule has 0 spiro atoms. The molecule has 3 aromatic carbocycles. The Morgan fingerprint density at radius 3 is 2.55 bits per heavy atom. The van der Waals surface area contributed by atoms with Crippen LogP contribution in [0.25, 0.3) is 17.5 Å². The number of carbonyl (C=O) groups excluding carboxylic acids is 2. The molecule has 0 aliphatic rings. The number of hydrogen-bond acceptors (Lipinski definition) is 7. The fraction of sp³-hybridized carbons (Fsp3) is 0.0800. The van der Waals surface area contributed by atoms with Crippen molar-refractivity contribution in [1.82, 2.24) is 25.9 Å². The third-order valence-electron chi connectivity index (χ3n) is 5.46. The monoisotopic (exact) mass is 551 g/mol. The zero-order valence-corrected chi connectivity index (χ0v) is 21.3. The lowest BCUT2D eigenvalue weighted by molar-refractivity contribution is -0.118. The number of primary sulfonamides is 1. The zero-order valence-electron chi connectivity index (χ0n) is 19.7. The van der Waals surface area contributed by atoms with Gasteiger partial charge < -0.3 is 10.6 Å². The van der Waals surface area contributed by atoms with Crippen LogP contribution >= 0.6 is 11.6 Å². The van der Waals surface area contributed by atoms with E-state index in [1.165, 1.54) is 24.3 Å². The topological polar surface area (TPSA) is 173 Å². The fourth-order valence-corrected chi connectivity index (χ4v) is 4.35. The van der Waals surface area contributed by atoms with E-state index in [9.17, 15) is 18.0 Å². The first-order valence-corrected chi connectivity index (χ1v) is 13.1. The largest absolute Gasteiger partial charge is 0.351 e. The van der Waals surface area contributed by atoms with Gasteiger partial charge in [0.15, 0.2) is 5.82 Å². The molecule has 2 amide bonds. The van der Waals surface area contributed by atoms with Gasteiger partial charge in [0.2, 0.25) is 21.8 Å². The average Bonchev–Trinajstić information content (AvgIpc) is 3.43. The van der Waals surface area contributed by atoms with Crippen LogP contribution in [0.4, 0.5) is 5.69 Å². The van der Waals surface area contributed by atoms with Crippen molar-refractivity contribution >= 4 is 45.2 Å². The summed E-state index contributed by atoms with van der Waals surface area (Å²) in [5.74, 6) is -1.25. The zero-order chi connectivity index (χ0) is 27.1. The molecule has 4 rings (SSSR count). The number of benzene rings is 3. The van der Waals surface area contributed by atoms with Crippen molar-refractivity contribution in [1.29, 1.82) is 0 Å². The molecule has 5 N–H and O–H groups in total. The van der Waals surface area contributed by atoms with Gasteiger partial charge in [-0.2, -0.15) is 0 Å². The van der Waals surface area contributed by atoms with Crippen molar-refractivity contribution in [3.05, 3.63) is 95.0 Å². The van der Waals surface area contributed by atoms with E-state index in [0.717, 1.165) is 0 Å². The summed E-state index contributed by atoms with van der Waals surface area (Å²) in [7, 11) is -3.94. The molecule has 0 saturated heterocycles. The first-order chi connectivity index (χ1) is 18.2. The molecule has 0 aliphatic heterocycles. The van der Waals surface area contributed by atoms with Crippen LogP contribution in [-0.4, -0.2) is 47.4 Å². The third-order valence-corrected chi connectivity index (χ3v) is 6.60. The van der Waals surface area contributed by atoms with Crippen molar-refractivity contribution < 1.29 is 18.0 Å². The normalized spacial score (nSPS) is 12.3. The Morgan fingerprint density at radius 2 is 1.84 bits per heavy atom. The Bertz CT molecular complexity index is 1580. The number of tetrazole rings is 1. The Kier molecular flexibility index (Phi) is 8.26. The van der Waals surface area contributed by atoms with Crippen LogP contribution in [0.1, 0.15) is 17.0 Å². The Morgan fingerprint density at radius 1 is 1.05 bits per heavy atom. The first-order valence-electron chi connectivity index (χ1n) is 11.2. The predicted octanol–water partition coefficient (Wildman–Crippen LogP) is 2.72. The molecular formula is C25H22ClN7O4S. The number of nitrogens with one attached hydrogen (secondary N) is 3. The highest BCUT2D eigenvalue weighted by Crippen LogP contribution is 2.24. The minimum Gasteiger partial charge on any atom is -0.351 e. The third kappa shape index (κ3) is 6.88. The van der Waals surface area contributed by atoms with Gasteiger partial charge in [-0.3, -0.25) is 9.59 Å². The predicted molar refractivity (Wildman–Crippen MR) is 142 cm³/mol. The second-order valence-corrected chi connectivity index (χ2v) is 10.1. The van der Waals surface area contributed by atoms with Crippen molar-refractivity contribution in [3.8, 4) is 11.4 Å². The lowest BCUT2D eigenvalue weighted by atomic mass is 9.98. The van der Waals surface area contributed by atoms with Gasteiger partial charge in [0.1, 0.15) is 0 Å². The molecule has 0 aliphatic carbocycles. The second-order valence-electron chi connectivity index (χ2n) is 8.09. The standard InChI is InChI=1S/C25H22ClN7O4S/c26-18-10-11-21(24-30-32-33-31-24)17(13-18)9-12-23(34)28-15-22(16-5-2-1-3-6-16)25(35)29-19-7-4-8-20(14-19)38(27,36)37/h1-14,22H,15H2,(H,28,34)(H,29,35)(H2,27,36,37)(H,30,31,32,33)/b12-9+/t22-/m0/s1. The summed E-state index contributed by atoms with van der Waals surface area (Å²) in [6.07, 6.45) is 2.88. The number of carbonyl (C=O) groups is 2. The average molecular weight is 552 g/mol. The quantitative estimate of drug-likeness (QED) is 0.231. The number of H-pyrrole nitrogens is 1. The maximum atomic E-state index is 13.2. The van der Waals surface area contributed by atoms with Gasteiger partial charge in [-0.05, 0) is 64.0 Å². The minimum absolute atomic E-state index is 0.0255. The van der Waals surface area contributed by atoms with E-state index in [1.807, 2.05) is 6.07 Å². The smallest absolute Gasteiger partial charge is 0.244 e. The van der Waals surface area contributed by atoms with Gasteiger partial charge in [-0.25, -0.2) is 18.7 Å². The van der Waals surface area contributed by atoms with Gasteiger partial charge in [0.05, 0.1) is 10.8 Å². The number of aromatic nitrogens is 4. The molecule has 1 heterocycles. The van der Waals surface area contributed by atoms with Crippen LogP contribution in [0.5, 0.6) is 0 Å². The van der Waals surface area contributed by atoms with Gasteiger partial charge >= 0.3 is 0 Å². The Balaban J connectivity index is 1.49. The number of halogens is 1. The highest BCUT2D eigenvalue weighted by molar-refractivity contribution is 7.89. The Hall–Kier alpha value is -4.39. The highest BCUT2D eigenvalue weighted by atomic mass is 35.5. The number of rotatable bonds is 9. The van der Waals surface area contributed by atoms with E-state index in [-0.39, 0.29) is 17.1 Å². The van der Waals surface area contributed by atoms with E-state index < -0.39 is 27.8 Å². The summed E-state index contributed by atoms with van der Waals surface area (Å²) in [6.45, 7) is -0.0255. The lowest BCUT2D eigenvalue weighted by Crippen LogP contribution is -2.33. The number of anilines is 1. The number of hydrogen-bond donors (Lipinski definition) is 4. The number of amides is 2. The van der Waals surface area contributed by atoms with Crippen LogP contribution in [0.3, 0.4) is 0 Å². The van der Waals surface area contributed by atoms with Crippen LogP contribution in [0.2, 0.25) is 5.02 Å². The van der Waals surface area contributed by atoms with Crippen molar-refractivity contribution in [3.63, 3.8) is 0 Å². The Labute approximate surface area is 223 Å². The molecule has 0 unspecified atom stereocenters. The molecule has 1 atom stereocenters. The maximum Gasteiger partial charge on any atom is 0.244 e. The van der Waals surface area contributed by atoms with Crippen molar-refractivity contribution in [2.75, 3.05) is 11.9 Å². The van der Waals surface area contributed by atoms with E-state index in [1.54, 1.807) is 54.6 Å². The number of aromatic amines is 1. The molecule has 0 saturated carbocycles. The van der Waals surface area contributed by atoms with Gasteiger partial charge in [-0.1, -0.05) is 48.0 Å². The van der Waals surface area contributed by atoms with Crippen LogP contribution in [0, 0.1) is 0 Å². The van der Waals surface area contributed by atoms with Gasteiger partial charge in [-0.15, -0.1) is 5.10 Å². The summed E-state index contributed by atoms with van der Waals surface area (Å²) >= 11 is 6.12.